The van der Waals surface area contributed by atoms with Crippen LogP contribution in [0.4, 0.5) is 0 Å². The van der Waals surface area contributed by atoms with Gasteiger partial charge < -0.3 is 60.0 Å². The van der Waals surface area contributed by atoms with Gasteiger partial charge in [0, 0.05) is 80.0 Å². The first kappa shape index (κ1) is 77.4. The van der Waals surface area contributed by atoms with Gasteiger partial charge in [-0.15, -0.1) is 0 Å². The van der Waals surface area contributed by atoms with Crippen LogP contribution in [0.15, 0.2) is 36.5 Å². The molecule has 25 heteroatoms. The molecule has 12 amide bonds. The van der Waals surface area contributed by atoms with E-state index in [-0.39, 0.29) is 62.9 Å². The number of carbonyl (C=O) groups excluding carboxylic acids is 12. The fourth-order valence-electron chi connectivity index (χ4n) is 16.9. The van der Waals surface area contributed by atoms with Crippen molar-refractivity contribution in [2.75, 3.05) is 75.0 Å². The Morgan fingerprint density at radius 3 is 1.93 bits per heavy atom. The summed E-state index contributed by atoms with van der Waals surface area (Å²) in [5.74, 6) is -7.31. The zero-order valence-electron chi connectivity index (χ0n) is 62.1. The number of piperidine rings is 1. The van der Waals surface area contributed by atoms with Crippen molar-refractivity contribution in [2.24, 2.45) is 23.7 Å². The van der Waals surface area contributed by atoms with Crippen LogP contribution in [0, 0.1) is 23.7 Å². The second kappa shape index (κ2) is 34.5. The molecule has 7 fully saturated rings. The lowest BCUT2D eigenvalue weighted by Crippen LogP contribution is -2.65. The van der Waals surface area contributed by atoms with Crippen LogP contribution >= 0.6 is 0 Å². The lowest BCUT2D eigenvalue weighted by molar-refractivity contribution is -0.160. The SMILES string of the molecule is CC[C@H](C)[C@@H]1NC(=O)[C@H](CC(C)C)N(C)C(=O)C[C@@H](C(=O)N2CCCCC2)N(C)C(=O)[C@H](C2CCCC2)N(C)C(=O)C2(CCCC2)NC(=O)[C@@H]2CCCN2C(=O)[C@H](CCc2ccc3ncccc3c2)NC(=O)CN(C)C(=O)[C@H](CC2CCCCC2)N(C)C(=O)[C@@H]2CCN2C(=O)[C@H](C)N(C)C1=O. The first-order valence-electron chi connectivity index (χ1n) is 37.9. The van der Waals surface area contributed by atoms with Gasteiger partial charge in [0.25, 0.3) is 0 Å². The van der Waals surface area contributed by atoms with Crippen LogP contribution in [-0.4, -0.2) is 255 Å². The number of rotatable bonds is 11. The second-order valence-corrected chi connectivity index (χ2v) is 31.0. The number of nitrogens with one attached hydrogen (secondary N) is 3. The lowest BCUT2D eigenvalue weighted by Gasteiger charge is -2.45. The average Bonchev–Trinajstić information content (AvgIpc) is 1.76. The number of pyridine rings is 1. The lowest BCUT2D eigenvalue weighted by atomic mass is 9.84. The summed E-state index contributed by atoms with van der Waals surface area (Å²) in [6.07, 6.45) is 15.0. The van der Waals surface area contributed by atoms with E-state index in [1.54, 1.807) is 32.1 Å². The third-order valence-corrected chi connectivity index (χ3v) is 23.7. The van der Waals surface area contributed by atoms with Crippen molar-refractivity contribution in [3.05, 3.63) is 42.1 Å². The molecule has 10 atom stereocenters. The molecule has 1 aromatic heterocycles. The minimum atomic E-state index is -1.48. The molecule has 9 rings (SSSR count). The largest absolute Gasteiger partial charge is 0.343 e. The van der Waals surface area contributed by atoms with E-state index in [9.17, 15) is 19.2 Å². The topological polar surface area (TPSA) is 283 Å². The fourth-order valence-corrected chi connectivity index (χ4v) is 16.9. The van der Waals surface area contributed by atoms with E-state index >= 15 is 38.4 Å². The normalized spacial score (nSPS) is 28.4. The summed E-state index contributed by atoms with van der Waals surface area (Å²) >= 11 is 0. The van der Waals surface area contributed by atoms with E-state index in [2.05, 4.69) is 20.9 Å². The summed E-state index contributed by atoms with van der Waals surface area (Å²) in [6, 6.07) is -0.559. The highest BCUT2D eigenvalue weighted by molar-refractivity contribution is 6.01. The van der Waals surface area contributed by atoms with Crippen molar-refractivity contribution in [3.8, 4) is 0 Å². The van der Waals surface area contributed by atoms with Gasteiger partial charge in [-0.3, -0.25) is 62.5 Å². The summed E-state index contributed by atoms with van der Waals surface area (Å²) in [4.78, 5) is 199. The van der Waals surface area contributed by atoms with Gasteiger partial charge in [-0.25, -0.2) is 0 Å². The summed E-state index contributed by atoms with van der Waals surface area (Å²) < 4.78 is 0. The zero-order chi connectivity index (χ0) is 73.1. The van der Waals surface area contributed by atoms with E-state index in [0.29, 0.717) is 70.9 Å². The van der Waals surface area contributed by atoms with Gasteiger partial charge in [0.2, 0.25) is 70.9 Å². The maximum Gasteiger partial charge on any atom is 0.248 e. The number of hydrogen-bond donors (Lipinski definition) is 3. The fraction of sp³-hybridized carbons (Fsp3) is 0.724. The van der Waals surface area contributed by atoms with Gasteiger partial charge in [-0.05, 0) is 144 Å². The predicted octanol–water partition coefficient (Wildman–Crippen LogP) is 5.44. The van der Waals surface area contributed by atoms with Crippen molar-refractivity contribution >= 4 is 81.8 Å². The third-order valence-electron chi connectivity index (χ3n) is 23.7. The Morgan fingerprint density at radius 2 is 1.28 bits per heavy atom. The Kier molecular flexibility index (Phi) is 26.4. The van der Waals surface area contributed by atoms with Crippen LogP contribution in [0.2, 0.25) is 0 Å². The Bertz CT molecular complexity index is 3340. The van der Waals surface area contributed by atoms with E-state index < -0.39 is 150 Å². The van der Waals surface area contributed by atoms with E-state index in [1.807, 2.05) is 58.0 Å². The molecule has 1 spiro atoms. The molecule has 3 saturated carbocycles. The number of aryl methyl sites for hydroxylation is 1. The van der Waals surface area contributed by atoms with Gasteiger partial charge in [-0.2, -0.15) is 0 Å². The van der Waals surface area contributed by atoms with Crippen LogP contribution in [-0.2, 0) is 64.0 Å². The van der Waals surface area contributed by atoms with Crippen molar-refractivity contribution < 1.29 is 57.5 Å². The smallest absolute Gasteiger partial charge is 0.248 e. The Morgan fingerprint density at radius 1 is 0.614 bits per heavy atom. The molecule has 5 heterocycles. The number of nitrogens with zero attached hydrogens (tertiary/aromatic N) is 10. The number of likely N-dealkylation sites (tertiary alicyclic amines) is 1. The molecule has 4 aliphatic heterocycles. The van der Waals surface area contributed by atoms with Gasteiger partial charge in [0.05, 0.1) is 18.5 Å². The maximum absolute atomic E-state index is 15.8. The summed E-state index contributed by atoms with van der Waals surface area (Å²) in [5.41, 5.74) is 0.178. The van der Waals surface area contributed by atoms with Gasteiger partial charge >= 0.3 is 0 Å². The number of hydrogen-bond acceptors (Lipinski definition) is 13. The van der Waals surface area contributed by atoms with E-state index in [4.69, 9.17) is 0 Å². The Hall–Kier alpha value is -7.73. The van der Waals surface area contributed by atoms with Gasteiger partial charge in [0.1, 0.15) is 59.9 Å². The minimum Gasteiger partial charge on any atom is -0.343 e. The van der Waals surface area contributed by atoms with Crippen molar-refractivity contribution in [2.45, 2.75) is 255 Å². The van der Waals surface area contributed by atoms with Crippen molar-refractivity contribution in [3.63, 3.8) is 0 Å². The standard InChI is InChI=1S/C76H115N13O12/c1-12-49(4)64-73(99)82(7)50(5)68(94)89-42-35-58(89)71(97)84(9)60(45-51-25-15-13-16-26-51)70(96)81(6)47-62(90)78-56(34-32-52-31-33-55-54(44-52)29-23-38-77-55)69(95)88-41-24-30-57(88)67(93)80-76(36-19-20-37-76)75(101)86(11)65(53-27-17-18-28-53)74(100)85(10)61(72(98)87-39-21-14-22-40-87)46-63(91)83(8)59(43-48(2)3)66(92)79-64/h23,29,31,33,38,44,48-51,53,56-61,64-65H,12-22,24-28,30,32,34-37,39-43,45-47H2,1-11H3,(H,78,90)(H,79,92)(H,80,93)/t49-,50-,56-,57-,58-,59-,60-,61-,64-,65-/m0/s1. The molecule has 25 nitrogen and oxygen atoms in total. The van der Waals surface area contributed by atoms with Crippen LogP contribution in [0.3, 0.4) is 0 Å². The van der Waals surface area contributed by atoms with Gasteiger partial charge in [-0.1, -0.05) is 104 Å². The first-order chi connectivity index (χ1) is 48.2. The molecule has 1 aromatic carbocycles. The molecule has 7 aliphatic rings. The van der Waals surface area contributed by atoms with Crippen molar-refractivity contribution in [1.82, 2.24) is 65.0 Å². The predicted molar refractivity (Wildman–Crippen MR) is 381 cm³/mol. The highest BCUT2D eigenvalue weighted by Gasteiger charge is 2.52. The average molecular weight is 1400 g/mol. The molecule has 3 N–H and O–H groups in total. The Balaban J connectivity index is 1.08. The third kappa shape index (κ3) is 17.8. The number of carbonyl (C=O) groups is 12. The van der Waals surface area contributed by atoms with Crippen LogP contribution in [0.5, 0.6) is 0 Å². The molecular weight excluding hydrogens is 1290 g/mol. The molecular formula is C76H115N13O12. The highest BCUT2D eigenvalue weighted by atomic mass is 16.2. The molecule has 0 radical (unpaired) electrons. The number of aromatic nitrogens is 1. The minimum absolute atomic E-state index is 0.0915. The molecule has 4 saturated heterocycles. The maximum atomic E-state index is 15.8. The number of likely N-dealkylation sites (N-methyl/N-ethyl adjacent to an activating group) is 6. The monoisotopic (exact) mass is 1400 g/mol. The zero-order valence-corrected chi connectivity index (χ0v) is 62.1. The first-order valence-corrected chi connectivity index (χ1v) is 37.9. The van der Waals surface area contributed by atoms with Crippen LogP contribution < -0.4 is 16.0 Å². The molecule has 0 unspecified atom stereocenters. The molecule has 2 aromatic rings. The molecule has 3 aliphatic carbocycles. The van der Waals surface area contributed by atoms with Crippen LogP contribution in [0.25, 0.3) is 10.9 Å². The molecule has 556 valence electrons. The van der Waals surface area contributed by atoms with E-state index in [0.717, 1.165) is 80.7 Å². The molecule has 101 heavy (non-hydrogen) atoms. The van der Waals surface area contributed by atoms with Crippen molar-refractivity contribution in [1.29, 1.82) is 0 Å². The summed E-state index contributed by atoms with van der Waals surface area (Å²) in [6.45, 7) is 9.77. The summed E-state index contributed by atoms with van der Waals surface area (Å²) in [5, 5.41) is 10.0. The van der Waals surface area contributed by atoms with E-state index in [1.165, 1.54) is 67.4 Å². The van der Waals surface area contributed by atoms with Gasteiger partial charge in [0.15, 0.2) is 0 Å². The summed E-state index contributed by atoms with van der Waals surface area (Å²) in [7, 11) is 9.09. The molecule has 0 bridgehead atoms. The number of fused-ring (bicyclic) bond motifs is 3. The number of amides is 12. The van der Waals surface area contributed by atoms with Crippen LogP contribution in [0.1, 0.15) is 194 Å². The number of benzene rings is 1. The quantitative estimate of drug-likeness (QED) is 0.253. The highest BCUT2D eigenvalue weighted by Crippen LogP contribution is 2.38. The Labute approximate surface area is 597 Å². The second-order valence-electron chi connectivity index (χ2n) is 31.0.